The van der Waals surface area contributed by atoms with Gasteiger partial charge in [-0.05, 0) is 40.7 Å². The first kappa shape index (κ1) is 22.2. The first-order valence-corrected chi connectivity index (χ1v) is 9.21. The SMILES string of the molecule is CC(C)(C)C(=O)O.CC(C)C(=O)C=C1C(=O)N2[C@@H]1SC(C)(C)[C@@H]2C(=O)O. The number of nitrogens with zero attached hydrogens (tertiary/aromatic N) is 1. The van der Waals surface area contributed by atoms with Crippen molar-refractivity contribution < 1.29 is 29.4 Å². The normalized spacial score (nSPS) is 25.3. The van der Waals surface area contributed by atoms with Gasteiger partial charge in [0.25, 0.3) is 5.91 Å². The summed E-state index contributed by atoms with van der Waals surface area (Å²) in [6.07, 6.45) is 1.38. The van der Waals surface area contributed by atoms with Crippen LogP contribution in [0, 0.1) is 11.3 Å². The molecule has 0 radical (unpaired) electrons. The number of carboxylic acids is 2. The summed E-state index contributed by atoms with van der Waals surface area (Å²) in [5.41, 5.74) is -0.152. The van der Waals surface area contributed by atoms with Crippen LogP contribution in [0.2, 0.25) is 0 Å². The number of amides is 1. The second-order valence-corrected chi connectivity index (χ2v) is 9.97. The van der Waals surface area contributed by atoms with E-state index >= 15 is 0 Å². The monoisotopic (exact) mass is 385 g/mol. The Morgan fingerprint density at radius 2 is 1.65 bits per heavy atom. The van der Waals surface area contributed by atoms with Gasteiger partial charge in [-0.2, -0.15) is 0 Å². The maximum absolute atomic E-state index is 12.0. The van der Waals surface area contributed by atoms with Crippen molar-refractivity contribution in [1.82, 2.24) is 4.90 Å². The molecule has 2 saturated heterocycles. The molecule has 2 fully saturated rings. The second kappa shape index (κ2) is 7.42. The number of carbonyl (C=O) groups excluding carboxylic acids is 2. The average molecular weight is 385 g/mol. The lowest BCUT2D eigenvalue weighted by Gasteiger charge is -2.38. The fraction of sp³-hybridized carbons (Fsp3) is 0.667. The van der Waals surface area contributed by atoms with E-state index in [2.05, 4.69) is 0 Å². The minimum absolute atomic E-state index is 0.0971. The minimum atomic E-state index is -0.998. The predicted molar refractivity (Wildman–Crippen MR) is 98.7 cm³/mol. The van der Waals surface area contributed by atoms with Crippen LogP contribution in [-0.4, -0.2) is 54.9 Å². The highest BCUT2D eigenvalue weighted by Gasteiger charge is 2.61. The minimum Gasteiger partial charge on any atom is -0.481 e. The van der Waals surface area contributed by atoms with E-state index in [0.29, 0.717) is 5.57 Å². The molecule has 0 unspecified atom stereocenters. The number of carbonyl (C=O) groups is 4. The number of hydrogen-bond donors (Lipinski definition) is 2. The van der Waals surface area contributed by atoms with Crippen LogP contribution in [-0.2, 0) is 19.2 Å². The fourth-order valence-electron chi connectivity index (χ4n) is 2.37. The molecule has 0 aliphatic carbocycles. The molecule has 0 bridgehead atoms. The van der Waals surface area contributed by atoms with E-state index < -0.39 is 28.1 Å². The lowest BCUT2D eigenvalue weighted by molar-refractivity contribution is -0.152. The van der Waals surface area contributed by atoms with Gasteiger partial charge in [-0.15, -0.1) is 11.8 Å². The van der Waals surface area contributed by atoms with Crippen LogP contribution in [0.3, 0.4) is 0 Å². The molecule has 0 aromatic carbocycles. The van der Waals surface area contributed by atoms with Crippen LogP contribution in [0.1, 0.15) is 48.5 Å². The molecule has 2 heterocycles. The fourth-order valence-corrected chi connectivity index (χ4v) is 3.92. The second-order valence-electron chi connectivity index (χ2n) is 8.24. The molecule has 0 saturated carbocycles. The third-order valence-electron chi connectivity index (χ3n) is 4.09. The molecule has 2 aliphatic rings. The topological polar surface area (TPSA) is 112 Å². The van der Waals surface area contributed by atoms with Crippen LogP contribution in [0.15, 0.2) is 11.6 Å². The van der Waals surface area contributed by atoms with Crippen molar-refractivity contribution in [2.45, 2.75) is 64.6 Å². The quantitative estimate of drug-likeness (QED) is 0.567. The number of fused-ring (bicyclic) bond motifs is 1. The van der Waals surface area contributed by atoms with E-state index in [1.165, 1.54) is 22.7 Å². The van der Waals surface area contributed by atoms with Gasteiger partial charge < -0.3 is 15.1 Å². The zero-order chi connectivity index (χ0) is 20.6. The van der Waals surface area contributed by atoms with Gasteiger partial charge >= 0.3 is 11.9 Å². The third-order valence-corrected chi connectivity index (χ3v) is 5.63. The number of rotatable bonds is 3. The van der Waals surface area contributed by atoms with E-state index in [1.54, 1.807) is 34.6 Å². The summed E-state index contributed by atoms with van der Waals surface area (Å²) in [7, 11) is 0. The van der Waals surface area contributed by atoms with Gasteiger partial charge in [0.15, 0.2) is 5.78 Å². The predicted octanol–water partition coefficient (Wildman–Crippen LogP) is 2.40. The molecular weight excluding hydrogens is 358 g/mol. The largest absolute Gasteiger partial charge is 0.481 e. The highest BCUT2D eigenvalue weighted by molar-refractivity contribution is 8.01. The maximum Gasteiger partial charge on any atom is 0.327 e. The molecule has 26 heavy (non-hydrogen) atoms. The molecule has 0 aromatic heterocycles. The zero-order valence-electron chi connectivity index (χ0n) is 16.2. The Balaban J connectivity index is 0.000000412. The highest BCUT2D eigenvalue weighted by atomic mass is 32.2. The van der Waals surface area contributed by atoms with Crippen molar-refractivity contribution >= 4 is 35.4 Å². The number of β-lactam (4-membered cyclic amide) rings is 1. The lowest BCUT2D eigenvalue weighted by atomic mass is 9.94. The molecule has 0 spiro atoms. The Labute approximate surface area is 157 Å². The van der Waals surface area contributed by atoms with E-state index in [1.807, 2.05) is 13.8 Å². The number of allylic oxidation sites excluding steroid dienone is 1. The summed E-state index contributed by atoms with van der Waals surface area (Å²) in [6.45, 7) is 12.1. The first-order valence-electron chi connectivity index (χ1n) is 8.33. The smallest absolute Gasteiger partial charge is 0.327 e. The number of hydrogen-bond acceptors (Lipinski definition) is 5. The molecule has 2 atom stereocenters. The van der Waals surface area contributed by atoms with Crippen molar-refractivity contribution in [3.63, 3.8) is 0 Å². The Morgan fingerprint density at radius 3 is 2.00 bits per heavy atom. The van der Waals surface area contributed by atoms with Crippen molar-refractivity contribution in [3.05, 3.63) is 11.6 Å². The lowest BCUT2D eigenvalue weighted by Crippen LogP contribution is -2.58. The van der Waals surface area contributed by atoms with Gasteiger partial charge in [0.2, 0.25) is 0 Å². The summed E-state index contributed by atoms with van der Waals surface area (Å²) in [5, 5.41) is 17.2. The van der Waals surface area contributed by atoms with E-state index in [0.717, 1.165) is 0 Å². The van der Waals surface area contributed by atoms with Gasteiger partial charge in [0.05, 0.1) is 11.0 Å². The molecule has 0 aromatic rings. The number of thioether (sulfide) groups is 1. The molecule has 2 N–H and O–H groups in total. The maximum atomic E-state index is 12.0. The van der Waals surface area contributed by atoms with Crippen LogP contribution >= 0.6 is 11.8 Å². The molecule has 2 aliphatic heterocycles. The third kappa shape index (κ3) is 4.47. The van der Waals surface area contributed by atoms with Crippen molar-refractivity contribution in [1.29, 1.82) is 0 Å². The average Bonchev–Trinajstić information content (AvgIpc) is 2.72. The summed E-state index contributed by atoms with van der Waals surface area (Å²) in [6, 6.07) is -0.832. The molecule has 7 nitrogen and oxygen atoms in total. The van der Waals surface area contributed by atoms with Crippen LogP contribution in [0.5, 0.6) is 0 Å². The van der Waals surface area contributed by atoms with Gasteiger partial charge in [0.1, 0.15) is 11.4 Å². The van der Waals surface area contributed by atoms with Crippen LogP contribution in [0.25, 0.3) is 0 Å². The van der Waals surface area contributed by atoms with Crippen LogP contribution < -0.4 is 0 Å². The standard InChI is InChI=1S/C13H17NO4S.C5H10O2/c1-6(2)8(15)5-7-10(16)14-9(12(17)18)13(3,4)19-11(7)14;1-5(2,3)4(6)7/h5-6,9,11H,1-4H3,(H,17,18);1-3H3,(H,6,7)/t9-,11+;/m0./s1. The number of carboxylic acid groups (broad SMARTS) is 2. The Bertz CT molecular complexity index is 659. The Hall–Kier alpha value is -1.83. The number of aliphatic carboxylic acids is 2. The van der Waals surface area contributed by atoms with Gasteiger partial charge in [-0.25, -0.2) is 4.79 Å². The summed E-state index contributed by atoms with van der Waals surface area (Å²) in [5.74, 6) is -2.34. The van der Waals surface area contributed by atoms with Crippen LogP contribution in [0.4, 0.5) is 0 Å². The first-order chi connectivity index (χ1) is 11.6. The molecule has 146 valence electrons. The zero-order valence-corrected chi connectivity index (χ0v) is 17.0. The van der Waals surface area contributed by atoms with Gasteiger partial charge in [-0.3, -0.25) is 14.4 Å². The number of ketones is 1. The van der Waals surface area contributed by atoms with E-state index in [4.69, 9.17) is 5.11 Å². The molecule has 8 heteroatoms. The molecule has 1 amide bonds. The summed E-state index contributed by atoms with van der Waals surface area (Å²) < 4.78 is -0.553. The molecular formula is C18H27NO6S. The molecule has 2 rings (SSSR count). The van der Waals surface area contributed by atoms with Crippen molar-refractivity contribution in [2.24, 2.45) is 11.3 Å². The van der Waals surface area contributed by atoms with Gasteiger partial charge in [-0.1, -0.05) is 13.8 Å². The highest BCUT2D eigenvalue weighted by Crippen LogP contribution is 2.52. The van der Waals surface area contributed by atoms with Crippen molar-refractivity contribution in [3.8, 4) is 0 Å². The van der Waals surface area contributed by atoms with Crippen molar-refractivity contribution in [2.75, 3.05) is 0 Å². The van der Waals surface area contributed by atoms with E-state index in [-0.39, 0.29) is 23.0 Å². The summed E-state index contributed by atoms with van der Waals surface area (Å²) >= 11 is 1.42. The Kier molecular flexibility index (Phi) is 6.34. The van der Waals surface area contributed by atoms with Gasteiger partial charge in [0, 0.05) is 10.7 Å². The Morgan fingerprint density at radius 1 is 1.19 bits per heavy atom. The summed E-state index contributed by atoms with van der Waals surface area (Å²) in [4.78, 5) is 46.4. The van der Waals surface area contributed by atoms with E-state index in [9.17, 15) is 24.3 Å².